The lowest BCUT2D eigenvalue weighted by atomic mass is 10.1. The normalized spacial score (nSPS) is 11.5. The maximum absolute atomic E-state index is 12.9. The van der Waals surface area contributed by atoms with Gasteiger partial charge in [-0.2, -0.15) is 13.2 Å². The molecule has 164 valence electrons. The third-order valence-corrected chi connectivity index (χ3v) is 5.59. The predicted octanol–water partition coefficient (Wildman–Crippen LogP) is 5.90. The first-order valence-corrected chi connectivity index (χ1v) is 10.5. The molecule has 5 nitrogen and oxygen atoms in total. The summed E-state index contributed by atoms with van der Waals surface area (Å²) in [5.74, 6) is 0.702. The number of anilines is 1. The first-order valence-electron chi connectivity index (χ1n) is 9.70. The number of nitrogens with zero attached hydrogens (tertiary/aromatic N) is 2. The SMILES string of the molecule is Cc1oc(-c2ccccc2)nc1CC(=O)Nc1ncc(Cc2cccc(C(F)(F)F)c2)s1. The van der Waals surface area contributed by atoms with E-state index in [4.69, 9.17) is 4.42 Å². The highest BCUT2D eigenvalue weighted by Gasteiger charge is 2.30. The number of aryl methyl sites for hydroxylation is 1. The van der Waals surface area contributed by atoms with Crippen LogP contribution in [0.5, 0.6) is 0 Å². The number of carbonyl (C=O) groups is 1. The van der Waals surface area contributed by atoms with Crippen molar-refractivity contribution in [2.75, 3.05) is 5.32 Å². The third kappa shape index (κ3) is 5.23. The first kappa shape index (κ1) is 21.8. The first-order chi connectivity index (χ1) is 15.3. The van der Waals surface area contributed by atoms with E-state index in [1.807, 2.05) is 30.3 Å². The van der Waals surface area contributed by atoms with E-state index in [-0.39, 0.29) is 12.3 Å². The van der Waals surface area contributed by atoms with Gasteiger partial charge in [0.25, 0.3) is 0 Å². The van der Waals surface area contributed by atoms with Gasteiger partial charge in [-0.05, 0) is 30.7 Å². The van der Waals surface area contributed by atoms with Gasteiger partial charge >= 0.3 is 6.18 Å². The van der Waals surface area contributed by atoms with Crippen LogP contribution >= 0.6 is 11.3 Å². The number of halogens is 3. The number of hydrogen-bond donors (Lipinski definition) is 1. The molecule has 0 spiro atoms. The molecule has 0 saturated carbocycles. The minimum Gasteiger partial charge on any atom is -0.441 e. The molecule has 0 aliphatic carbocycles. The maximum atomic E-state index is 12.9. The lowest BCUT2D eigenvalue weighted by molar-refractivity contribution is -0.137. The lowest BCUT2D eigenvalue weighted by Crippen LogP contribution is -2.14. The van der Waals surface area contributed by atoms with E-state index >= 15 is 0 Å². The molecular formula is C23H18F3N3O2S. The number of amides is 1. The molecule has 0 bridgehead atoms. The second kappa shape index (κ2) is 8.96. The molecule has 1 N–H and O–H groups in total. The Morgan fingerprint density at radius 2 is 1.91 bits per heavy atom. The molecule has 9 heteroatoms. The van der Waals surface area contributed by atoms with Crippen molar-refractivity contribution in [2.45, 2.75) is 25.9 Å². The second-order valence-corrected chi connectivity index (χ2v) is 8.23. The highest BCUT2D eigenvalue weighted by atomic mass is 32.1. The van der Waals surface area contributed by atoms with Gasteiger partial charge in [-0.1, -0.05) is 36.4 Å². The van der Waals surface area contributed by atoms with Crippen LogP contribution < -0.4 is 5.32 Å². The summed E-state index contributed by atoms with van der Waals surface area (Å²) in [6.07, 6.45) is -2.52. The molecule has 2 aromatic carbocycles. The Hall–Kier alpha value is -3.46. The summed E-state index contributed by atoms with van der Waals surface area (Å²) in [6.45, 7) is 1.75. The molecular weight excluding hydrogens is 439 g/mol. The third-order valence-electron chi connectivity index (χ3n) is 4.67. The number of hydrogen-bond acceptors (Lipinski definition) is 5. The number of benzene rings is 2. The molecule has 4 rings (SSSR count). The average Bonchev–Trinajstić information content (AvgIpc) is 3.34. The van der Waals surface area contributed by atoms with Gasteiger partial charge in [0, 0.05) is 23.1 Å². The van der Waals surface area contributed by atoms with E-state index in [2.05, 4.69) is 15.3 Å². The van der Waals surface area contributed by atoms with Gasteiger partial charge in [-0.3, -0.25) is 4.79 Å². The summed E-state index contributed by atoms with van der Waals surface area (Å²) in [4.78, 5) is 21.8. The Balaban J connectivity index is 1.39. The van der Waals surface area contributed by atoms with Crippen molar-refractivity contribution in [3.8, 4) is 11.5 Å². The van der Waals surface area contributed by atoms with E-state index in [0.717, 1.165) is 22.6 Å². The fourth-order valence-corrected chi connectivity index (χ4v) is 3.98. The molecule has 1 amide bonds. The topological polar surface area (TPSA) is 68.0 Å². The van der Waals surface area contributed by atoms with Gasteiger partial charge in [0.2, 0.25) is 11.8 Å². The fourth-order valence-electron chi connectivity index (χ4n) is 3.12. The summed E-state index contributed by atoms with van der Waals surface area (Å²) >= 11 is 1.22. The Morgan fingerprint density at radius 3 is 2.66 bits per heavy atom. The monoisotopic (exact) mass is 457 g/mol. The number of rotatable bonds is 6. The Bertz CT molecular complexity index is 1230. The van der Waals surface area contributed by atoms with Crippen molar-refractivity contribution in [1.29, 1.82) is 0 Å². The summed E-state index contributed by atoms with van der Waals surface area (Å²) in [6, 6.07) is 14.6. The zero-order valence-corrected chi connectivity index (χ0v) is 17.8. The number of oxazole rings is 1. The predicted molar refractivity (Wildman–Crippen MR) is 115 cm³/mol. The number of aromatic nitrogens is 2. The van der Waals surface area contributed by atoms with E-state index in [0.29, 0.717) is 34.5 Å². The van der Waals surface area contributed by atoms with Crippen LogP contribution in [0, 0.1) is 6.92 Å². The molecule has 0 aliphatic heterocycles. The Morgan fingerprint density at radius 1 is 1.12 bits per heavy atom. The van der Waals surface area contributed by atoms with Crippen LogP contribution in [-0.2, 0) is 23.8 Å². The quantitative estimate of drug-likeness (QED) is 0.392. The van der Waals surface area contributed by atoms with Crippen LogP contribution in [-0.4, -0.2) is 15.9 Å². The summed E-state index contributed by atoms with van der Waals surface area (Å²) in [7, 11) is 0. The van der Waals surface area contributed by atoms with Gasteiger partial charge in [-0.15, -0.1) is 11.3 Å². The molecule has 2 aromatic heterocycles. The minimum atomic E-state index is -4.39. The lowest BCUT2D eigenvalue weighted by Gasteiger charge is -2.07. The zero-order valence-electron chi connectivity index (χ0n) is 16.9. The standard InChI is InChI=1S/C23H18F3N3O2S/c1-14-19(28-21(31-14)16-7-3-2-4-8-16)12-20(30)29-22-27-13-18(32-22)11-15-6-5-9-17(10-15)23(24,25)26/h2-10,13H,11-12H2,1H3,(H,27,29,30). The number of carbonyl (C=O) groups excluding carboxylic acids is 1. The highest BCUT2D eigenvalue weighted by Crippen LogP contribution is 2.30. The maximum Gasteiger partial charge on any atom is 0.416 e. The van der Waals surface area contributed by atoms with Gasteiger partial charge in [0.1, 0.15) is 5.76 Å². The average molecular weight is 457 g/mol. The van der Waals surface area contributed by atoms with Crippen molar-refractivity contribution < 1.29 is 22.4 Å². The highest BCUT2D eigenvalue weighted by molar-refractivity contribution is 7.15. The van der Waals surface area contributed by atoms with Crippen LogP contribution in [0.1, 0.15) is 27.5 Å². The van der Waals surface area contributed by atoms with E-state index in [1.54, 1.807) is 19.2 Å². The Labute approximate surface area is 186 Å². The second-order valence-electron chi connectivity index (χ2n) is 7.12. The zero-order chi connectivity index (χ0) is 22.7. The summed E-state index contributed by atoms with van der Waals surface area (Å²) < 4.78 is 44.3. The molecule has 0 atom stereocenters. The van der Waals surface area contributed by atoms with Crippen LogP contribution in [0.15, 0.2) is 65.2 Å². The van der Waals surface area contributed by atoms with Crippen molar-refractivity contribution in [3.05, 3.63) is 88.3 Å². The van der Waals surface area contributed by atoms with Gasteiger partial charge in [0.15, 0.2) is 5.13 Å². The van der Waals surface area contributed by atoms with Gasteiger partial charge < -0.3 is 9.73 Å². The van der Waals surface area contributed by atoms with Gasteiger partial charge in [-0.25, -0.2) is 9.97 Å². The molecule has 0 saturated heterocycles. The van der Waals surface area contributed by atoms with Gasteiger partial charge in [0.05, 0.1) is 17.7 Å². The molecule has 0 aliphatic rings. The number of nitrogens with one attached hydrogen (secondary N) is 1. The van der Waals surface area contributed by atoms with Crippen molar-refractivity contribution in [2.24, 2.45) is 0 Å². The fraction of sp³-hybridized carbons (Fsp3) is 0.174. The van der Waals surface area contributed by atoms with Crippen molar-refractivity contribution in [3.63, 3.8) is 0 Å². The van der Waals surface area contributed by atoms with E-state index in [9.17, 15) is 18.0 Å². The van der Waals surface area contributed by atoms with Crippen LogP contribution in [0.2, 0.25) is 0 Å². The van der Waals surface area contributed by atoms with Crippen molar-refractivity contribution in [1.82, 2.24) is 9.97 Å². The number of thiazole rings is 1. The van der Waals surface area contributed by atoms with E-state index < -0.39 is 11.7 Å². The smallest absolute Gasteiger partial charge is 0.416 e. The molecule has 4 aromatic rings. The van der Waals surface area contributed by atoms with Crippen LogP contribution in [0.25, 0.3) is 11.5 Å². The molecule has 32 heavy (non-hydrogen) atoms. The van der Waals surface area contributed by atoms with E-state index in [1.165, 1.54) is 17.4 Å². The summed E-state index contributed by atoms with van der Waals surface area (Å²) in [5, 5.41) is 3.09. The van der Waals surface area contributed by atoms with Crippen LogP contribution in [0.3, 0.4) is 0 Å². The molecule has 0 unspecified atom stereocenters. The minimum absolute atomic E-state index is 0.0186. The molecule has 2 heterocycles. The van der Waals surface area contributed by atoms with Crippen molar-refractivity contribution >= 4 is 22.4 Å². The molecule has 0 fully saturated rings. The summed E-state index contributed by atoms with van der Waals surface area (Å²) in [5.41, 5.74) is 1.18. The van der Waals surface area contributed by atoms with Crippen LogP contribution in [0.4, 0.5) is 18.3 Å². The Kier molecular flexibility index (Phi) is 6.09. The molecule has 0 radical (unpaired) electrons. The number of alkyl halides is 3. The largest absolute Gasteiger partial charge is 0.441 e.